The highest BCUT2D eigenvalue weighted by Crippen LogP contribution is 2.38. The van der Waals surface area contributed by atoms with Crippen LogP contribution in [0.4, 0.5) is 11.6 Å². The quantitative estimate of drug-likeness (QED) is 0.897. The van der Waals surface area contributed by atoms with E-state index in [2.05, 4.69) is 27.1 Å². The zero-order valence-corrected chi connectivity index (χ0v) is 15.3. The Bertz CT molecular complexity index is 833. The number of anilines is 2. The first-order valence-corrected chi connectivity index (χ1v) is 9.34. The molecule has 1 saturated heterocycles. The van der Waals surface area contributed by atoms with Gasteiger partial charge in [-0.05, 0) is 36.6 Å². The Morgan fingerprint density at radius 1 is 1.07 bits per heavy atom. The molecule has 2 aromatic rings. The highest BCUT2D eigenvalue weighted by atomic mass is 16.2. The number of piperazine rings is 1. The van der Waals surface area contributed by atoms with Gasteiger partial charge in [0.25, 0.3) is 5.91 Å². The minimum atomic E-state index is -0.0143. The molecule has 2 aliphatic rings. The van der Waals surface area contributed by atoms with Gasteiger partial charge in [0, 0.05) is 55.7 Å². The summed E-state index contributed by atoms with van der Waals surface area (Å²) < 4.78 is 0. The summed E-state index contributed by atoms with van der Waals surface area (Å²) >= 11 is 0. The van der Waals surface area contributed by atoms with E-state index >= 15 is 0 Å². The van der Waals surface area contributed by atoms with Gasteiger partial charge in [0.15, 0.2) is 0 Å². The highest BCUT2D eigenvalue weighted by Gasteiger charge is 2.39. The lowest BCUT2D eigenvalue weighted by molar-refractivity contribution is -0.117. The maximum absolute atomic E-state index is 12.8. The molecule has 1 N–H and O–H groups in total. The average Bonchev–Trinajstić information content (AvgIpc) is 3.45. The van der Waals surface area contributed by atoms with Crippen molar-refractivity contribution in [1.82, 2.24) is 14.9 Å². The highest BCUT2D eigenvalue weighted by molar-refractivity contribution is 5.98. The van der Waals surface area contributed by atoms with E-state index in [0.29, 0.717) is 49.3 Å². The van der Waals surface area contributed by atoms with E-state index < -0.39 is 0 Å². The van der Waals surface area contributed by atoms with Gasteiger partial charge in [-0.2, -0.15) is 0 Å². The summed E-state index contributed by atoms with van der Waals surface area (Å²) in [5.74, 6) is 1.30. The zero-order chi connectivity index (χ0) is 18.8. The molecule has 1 saturated carbocycles. The second-order valence-electron chi connectivity index (χ2n) is 7.22. The molecule has 1 aromatic heterocycles. The average molecular weight is 365 g/mol. The molecule has 1 aliphatic heterocycles. The smallest absolute Gasteiger partial charge is 0.254 e. The summed E-state index contributed by atoms with van der Waals surface area (Å²) in [5.41, 5.74) is 1.28. The third kappa shape index (κ3) is 3.92. The normalized spacial score (nSPS) is 21.7. The van der Waals surface area contributed by atoms with Gasteiger partial charge in [-0.25, -0.2) is 9.97 Å². The second kappa shape index (κ2) is 7.34. The van der Waals surface area contributed by atoms with Crippen molar-refractivity contribution in [1.29, 1.82) is 0 Å². The molecule has 2 unspecified atom stereocenters. The molecule has 2 fully saturated rings. The number of nitrogens with one attached hydrogen (secondary N) is 1. The minimum absolute atomic E-state index is 0.0143. The predicted octanol–water partition coefficient (Wildman–Crippen LogP) is 2.03. The Morgan fingerprint density at radius 3 is 2.44 bits per heavy atom. The van der Waals surface area contributed by atoms with Crippen LogP contribution in [0.3, 0.4) is 0 Å². The van der Waals surface area contributed by atoms with Crippen LogP contribution in [0.1, 0.15) is 23.7 Å². The molecule has 2 atom stereocenters. The van der Waals surface area contributed by atoms with Crippen molar-refractivity contribution in [3.05, 3.63) is 48.3 Å². The maximum atomic E-state index is 12.8. The van der Waals surface area contributed by atoms with E-state index in [4.69, 9.17) is 0 Å². The molecular weight excluding hydrogens is 342 g/mol. The summed E-state index contributed by atoms with van der Waals surface area (Å²) in [6, 6.07) is 8.99. The van der Waals surface area contributed by atoms with Crippen molar-refractivity contribution in [3.63, 3.8) is 0 Å². The molecular formula is C20H23N5O2. The molecule has 7 nitrogen and oxygen atoms in total. The summed E-state index contributed by atoms with van der Waals surface area (Å²) in [5, 5.41) is 2.93. The van der Waals surface area contributed by atoms with Crippen molar-refractivity contribution < 1.29 is 9.59 Å². The van der Waals surface area contributed by atoms with Crippen LogP contribution in [0.25, 0.3) is 0 Å². The number of rotatable bonds is 4. The number of carbonyl (C=O) groups is 2. The molecule has 2 heterocycles. The van der Waals surface area contributed by atoms with E-state index in [1.54, 1.807) is 30.6 Å². The van der Waals surface area contributed by atoms with Gasteiger partial charge >= 0.3 is 0 Å². The van der Waals surface area contributed by atoms with E-state index in [1.165, 1.54) is 0 Å². The molecule has 7 heteroatoms. The fourth-order valence-corrected chi connectivity index (χ4v) is 3.40. The Morgan fingerprint density at radius 2 is 1.78 bits per heavy atom. The van der Waals surface area contributed by atoms with Crippen LogP contribution in [0.2, 0.25) is 0 Å². The number of aromatic nitrogens is 2. The van der Waals surface area contributed by atoms with E-state index in [9.17, 15) is 9.59 Å². The number of hydrogen-bond acceptors (Lipinski definition) is 5. The molecule has 2 amide bonds. The van der Waals surface area contributed by atoms with Crippen LogP contribution < -0.4 is 10.2 Å². The Balaban J connectivity index is 1.37. The molecule has 0 radical (unpaired) electrons. The third-order valence-electron chi connectivity index (χ3n) is 5.23. The van der Waals surface area contributed by atoms with Crippen molar-refractivity contribution in [3.8, 4) is 0 Å². The number of amides is 2. The van der Waals surface area contributed by atoms with Crippen LogP contribution in [-0.2, 0) is 4.79 Å². The lowest BCUT2D eigenvalue weighted by Crippen LogP contribution is -2.49. The molecule has 0 bridgehead atoms. The monoisotopic (exact) mass is 365 g/mol. The SMILES string of the molecule is CC1CC1C(=O)Nc1cccc(C(=O)N2CCN(c3ncccn3)CC2)c1. The molecule has 1 aromatic carbocycles. The number of carbonyl (C=O) groups excluding carboxylic acids is 2. The largest absolute Gasteiger partial charge is 0.337 e. The van der Waals surface area contributed by atoms with Crippen LogP contribution in [0, 0.1) is 11.8 Å². The topological polar surface area (TPSA) is 78.4 Å². The van der Waals surface area contributed by atoms with Gasteiger partial charge < -0.3 is 15.1 Å². The summed E-state index contributed by atoms with van der Waals surface area (Å²) in [6.07, 6.45) is 4.39. The minimum Gasteiger partial charge on any atom is -0.337 e. The first-order valence-electron chi connectivity index (χ1n) is 9.34. The van der Waals surface area contributed by atoms with Crippen LogP contribution in [-0.4, -0.2) is 52.9 Å². The van der Waals surface area contributed by atoms with Crippen LogP contribution in [0.15, 0.2) is 42.7 Å². The van der Waals surface area contributed by atoms with E-state index in [-0.39, 0.29) is 17.7 Å². The lowest BCUT2D eigenvalue weighted by Gasteiger charge is -2.34. The van der Waals surface area contributed by atoms with Gasteiger partial charge in [0.05, 0.1) is 0 Å². The Labute approximate surface area is 158 Å². The number of benzene rings is 1. The molecule has 4 rings (SSSR count). The molecule has 0 spiro atoms. The standard InChI is InChI=1S/C20H23N5O2/c1-14-12-17(14)18(26)23-16-5-2-4-15(13-16)19(27)24-8-10-25(11-9-24)20-21-6-3-7-22-20/h2-7,13-14,17H,8-12H2,1H3,(H,23,26). The van der Waals surface area contributed by atoms with E-state index in [1.807, 2.05) is 17.0 Å². The number of hydrogen-bond donors (Lipinski definition) is 1. The Kier molecular flexibility index (Phi) is 4.75. The first-order chi connectivity index (χ1) is 13.1. The summed E-state index contributed by atoms with van der Waals surface area (Å²) in [4.78, 5) is 37.4. The first kappa shape index (κ1) is 17.5. The Hall–Kier alpha value is -2.96. The van der Waals surface area contributed by atoms with Crippen molar-refractivity contribution in [2.75, 3.05) is 36.4 Å². The van der Waals surface area contributed by atoms with Crippen LogP contribution >= 0.6 is 0 Å². The van der Waals surface area contributed by atoms with Crippen LogP contribution in [0.5, 0.6) is 0 Å². The van der Waals surface area contributed by atoms with Crippen molar-refractivity contribution in [2.24, 2.45) is 11.8 Å². The molecule has 140 valence electrons. The number of nitrogens with zero attached hydrogens (tertiary/aromatic N) is 4. The predicted molar refractivity (Wildman–Crippen MR) is 102 cm³/mol. The lowest BCUT2D eigenvalue weighted by atomic mass is 10.1. The zero-order valence-electron chi connectivity index (χ0n) is 15.3. The van der Waals surface area contributed by atoms with Gasteiger partial charge in [-0.3, -0.25) is 9.59 Å². The maximum Gasteiger partial charge on any atom is 0.254 e. The third-order valence-corrected chi connectivity index (χ3v) is 5.23. The van der Waals surface area contributed by atoms with E-state index in [0.717, 1.165) is 6.42 Å². The van der Waals surface area contributed by atoms with Crippen molar-refractivity contribution in [2.45, 2.75) is 13.3 Å². The van der Waals surface area contributed by atoms with Gasteiger partial charge in [0.1, 0.15) is 0 Å². The fourth-order valence-electron chi connectivity index (χ4n) is 3.40. The summed E-state index contributed by atoms with van der Waals surface area (Å²) in [6.45, 7) is 4.71. The fraction of sp³-hybridized carbons (Fsp3) is 0.400. The van der Waals surface area contributed by atoms with Crippen molar-refractivity contribution >= 4 is 23.5 Å². The summed E-state index contributed by atoms with van der Waals surface area (Å²) in [7, 11) is 0. The second-order valence-corrected chi connectivity index (χ2v) is 7.22. The van der Waals surface area contributed by atoms with Gasteiger partial charge in [-0.1, -0.05) is 13.0 Å². The molecule has 1 aliphatic carbocycles. The van der Waals surface area contributed by atoms with Gasteiger partial charge in [0.2, 0.25) is 11.9 Å². The molecule has 27 heavy (non-hydrogen) atoms. The van der Waals surface area contributed by atoms with Gasteiger partial charge in [-0.15, -0.1) is 0 Å².